The molecule has 0 bridgehead atoms. The lowest BCUT2D eigenvalue weighted by molar-refractivity contribution is -0.131. The number of nitrogens with one attached hydrogen (secondary N) is 2. The van der Waals surface area contributed by atoms with Crippen molar-refractivity contribution in [3.05, 3.63) is 23.8 Å². The van der Waals surface area contributed by atoms with E-state index < -0.39 is 11.7 Å². The number of carbonyl (C=O) groups excluding carboxylic acids is 3. The maximum atomic E-state index is 12.6. The number of benzene rings is 1. The lowest BCUT2D eigenvalue weighted by Gasteiger charge is -2.32. The van der Waals surface area contributed by atoms with E-state index in [1.807, 2.05) is 0 Å². The predicted octanol–water partition coefficient (Wildman–Crippen LogP) is 1.95. The number of likely N-dealkylation sites (tertiary alicyclic amines) is 1. The number of nitrogens with zero attached hydrogens (tertiary/aromatic N) is 1. The van der Waals surface area contributed by atoms with Crippen molar-refractivity contribution in [2.24, 2.45) is 0 Å². The van der Waals surface area contributed by atoms with Crippen LogP contribution in [-0.4, -0.2) is 68.3 Å². The van der Waals surface area contributed by atoms with Crippen LogP contribution in [0.2, 0.25) is 0 Å². The zero-order chi connectivity index (χ0) is 22.3. The van der Waals surface area contributed by atoms with Gasteiger partial charge in [-0.2, -0.15) is 0 Å². The van der Waals surface area contributed by atoms with Crippen LogP contribution in [0.3, 0.4) is 0 Å². The Hall–Kier alpha value is -2.97. The molecule has 0 unspecified atom stereocenters. The van der Waals surface area contributed by atoms with E-state index in [0.29, 0.717) is 43.0 Å². The van der Waals surface area contributed by atoms with Crippen molar-refractivity contribution in [3.63, 3.8) is 0 Å². The van der Waals surface area contributed by atoms with Gasteiger partial charge in [-0.3, -0.25) is 9.59 Å². The minimum atomic E-state index is -0.619. The molecule has 0 atom stereocenters. The van der Waals surface area contributed by atoms with Crippen LogP contribution in [0.15, 0.2) is 18.2 Å². The van der Waals surface area contributed by atoms with Gasteiger partial charge in [-0.05, 0) is 45.7 Å². The standard InChI is InChI=1S/C21H31N3O6/c1-21(2,3)30-20(27)22-13-18(25)24-8-6-15(7-9-24)23-19(26)14-10-16(28-4)12-17(11-14)29-5/h10-12,15H,6-9,13H2,1-5H3,(H,22,27)(H,23,26). The fourth-order valence-electron chi connectivity index (χ4n) is 3.05. The smallest absolute Gasteiger partial charge is 0.408 e. The van der Waals surface area contributed by atoms with Crippen molar-refractivity contribution in [1.82, 2.24) is 15.5 Å². The average molecular weight is 421 g/mol. The van der Waals surface area contributed by atoms with E-state index in [-0.39, 0.29) is 24.4 Å². The number of methoxy groups -OCH3 is 2. The molecule has 0 saturated carbocycles. The minimum Gasteiger partial charge on any atom is -0.497 e. The van der Waals surface area contributed by atoms with Gasteiger partial charge >= 0.3 is 6.09 Å². The summed E-state index contributed by atoms with van der Waals surface area (Å²) in [5.41, 5.74) is -0.164. The van der Waals surface area contributed by atoms with Crippen LogP contribution < -0.4 is 20.1 Å². The van der Waals surface area contributed by atoms with E-state index in [9.17, 15) is 14.4 Å². The van der Waals surface area contributed by atoms with Crippen molar-refractivity contribution in [2.45, 2.75) is 45.3 Å². The topological polar surface area (TPSA) is 106 Å². The molecular formula is C21H31N3O6. The molecule has 0 aliphatic carbocycles. The summed E-state index contributed by atoms with van der Waals surface area (Å²) in [5.74, 6) is 0.682. The maximum Gasteiger partial charge on any atom is 0.408 e. The molecule has 2 N–H and O–H groups in total. The van der Waals surface area contributed by atoms with E-state index in [0.717, 1.165) is 0 Å². The Morgan fingerprint density at radius 1 is 1.03 bits per heavy atom. The maximum absolute atomic E-state index is 12.6. The largest absolute Gasteiger partial charge is 0.497 e. The van der Waals surface area contributed by atoms with Crippen LogP contribution in [-0.2, 0) is 9.53 Å². The van der Waals surface area contributed by atoms with Crippen LogP contribution in [0.4, 0.5) is 4.79 Å². The SMILES string of the molecule is COc1cc(OC)cc(C(=O)NC2CCN(C(=O)CNC(=O)OC(C)(C)C)CC2)c1. The van der Waals surface area contributed by atoms with Crippen LogP contribution in [0.1, 0.15) is 44.0 Å². The van der Waals surface area contributed by atoms with Gasteiger partial charge in [0.05, 0.1) is 14.2 Å². The molecule has 2 rings (SSSR count). The second-order valence-corrected chi connectivity index (χ2v) is 8.09. The predicted molar refractivity (Wildman–Crippen MR) is 111 cm³/mol. The number of hydrogen-bond donors (Lipinski definition) is 2. The Morgan fingerprint density at radius 2 is 1.60 bits per heavy atom. The van der Waals surface area contributed by atoms with Crippen molar-refractivity contribution in [3.8, 4) is 11.5 Å². The van der Waals surface area contributed by atoms with Gasteiger partial charge in [-0.1, -0.05) is 0 Å². The molecule has 1 aliphatic heterocycles. The summed E-state index contributed by atoms with van der Waals surface area (Å²) in [6.07, 6.45) is 0.641. The van der Waals surface area contributed by atoms with Gasteiger partial charge in [0.25, 0.3) is 5.91 Å². The zero-order valence-corrected chi connectivity index (χ0v) is 18.2. The fraction of sp³-hybridized carbons (Fsp3) is 0.571. The molecule has 3 amide bonds. The molecule has 1 fully saturated rings. The van der Waals surface area contributed by atoms with Gasteiger partial charge in [0, 0.05) is 30.8 Å². The molecule has 9 nitrogen and oxygen atoms in total. The monoisotopic (exact) mass is 421 g/mol. The Balaban J connectivity index is 1.81. The molecule has 30 heavy (non-hydrogen) atoms. The number of piperidine rings is 1. The molecule has 0 aromatic heterocycles. The normalized spacial score (nSPS) is 14.6. The van der Waals surface area contributed by atoms with Crippen molar-refractivity contribution >= 4 is 17.9 Å². The molecular weight excluding hydrogens is 390 g/mol. The van der Waals surface area contributed by atoms with E-state index in [1.54, 1.807) is 43.9 Å². The number of hydrogen-bond acceptors (Lipinski definition) is 6. The van der Waals surface area contributed by atoms with Gasteiger partial charge in [0.15, 0.2) is 0 Å². The first-order valence-electron chi connectivity index (χ1n) is 9.90. The summed E-state index contributed by atoms with van der Waals surface area (Å²) in [5, 5.41) is 5.47. The Kier molecular flexibility index (Phi) is 7.91. The highest BCUT2D eigenvalue weighted by Gasteiger charge is 2.25. The van der Waals surface area contributed by atoms with Gasteiger partial charge in [0.1, 0.15) is 23.6 Å². The Bertz CT molecular complexity index is 744. The lowest BCUT2D eigenvalue weighted by atomic mass is 10.0. The minimum absolute atomic E-state index is 0.0439. The molecule has 0 spiro atoms. The molecule has 1 heterocycles. The molecule has 1 aliphatic rings. The molecule has 1 saturated heterocycles. The Morgan fingerprint density at radius 3 is 2.10 bits per heavy atom. The number of amides is 3. The number of ether oxygens (including phenoxy) is 3. The van der Waals surface area contributed by atoms with E-state index >= 15 is 0 Å². The van der Waals surface area contributed by atoms with Crippen molar-refractivity contribution in [2.75, 3.05) is 33.9 Å². The van der Waals surface area contributed by atoms with Crippen molar-refractivity contribution in [1.29, 1.82) is 0 Å². The second-order valence-electron chi connectivity index (χ2n) is 8.09. The highest BCUT2D eigenvalue weighted by atomic mass is 16.6. The van der Waals surface area contributed by atoms with Gasteiger partial charge < -0.3 is 29.7 Å². The highest BCUT2D eigenvalue weighted by molar-refractivity contribution is 5.95. The van der Waals surface area contributed by atoms with E-state index in [2.05, 4.69) is 10.6 Å². The first kappa shape index (κ1) is 23.3. The third-order valence-electron chi connectivity index (χ3n) is 4.58. The van der Waals surface area contributed by atoms with E-state index in [4.69, 9.17) is 14.2 Å². The third kappa shape index (κ3) is 7.13. The van der Waals surface area contributed by atoms with Crippen LogP contribution in [0.5, 0.6) is 11.5 Å². The Labute approximate surface area is 177 Å². The highest BCUT2D eigenvalue weighted by Crippen LogP contribution is 2.23. The molecule has 0 radical (unpaired) electrons. The summed E-state index contributed by atoms with van der Waals surface area (Å²) in [7, 11) is 3.06. The summed E-state index contributed by atoms with van der Waals surface area (Å²) >= 11 is 0. The van der Waals surface area contributed by atoms with E-state index in [1.165, 1.54) is 14.2 Å². The van der Waals surface area contributed by atoms with Crippen LogP contribution >= 0.6 is 0 Å². The third-order valence-corrected chi connectivity index (χ3v) is 4.58. The quantitative estimate of drug-likeness (QED) is 0.727. The summed E-state index contributed by atoms with van der Waals surface area (Å²) in [6.45, 7) is 6.16. The van der Waals surface area contributed by atoms with Gasteiger partial charge in [0.2, 0.25) is 5.91 Å². The second kappa shape index (κ2) is 10.2. The molecule has 166 valence electrons. The zero-order valence-electron chi connectivity index (χ0n) is 18.2. The first-order valence-corrected chi connectivity index (χ1v) is 9.90. The van der Waals surface area contributed by atoms with Gasteiger partial charge in [-0.15, -0.1) is 0 Å². The average Bonchev–Trinajstić information content (AvgIpc) is 2.70. The van der Waals surface area contributed by atoms with Gasteiger partial charge in [-0.25, -0.2) is 4.79 Å². The summed E-state index contributed by atoms with van der Waals surface area (Å²) in [4.78, 5) is 38.2. The first-order chi connectivity index (χ1) is 14.1. The molecule has 1 aromatic rings. The number of carbonyl (C=O) groups is 3. The lowest BCUT2D eigenvalue weighted by Crippen LogP contribution is -2.49. The molecule has 9 heteroatoms. The van der Waals surface area contributed by atoms with Crippen LogP contribution in [0, 0.1) is 0 Å². The molecule has 1 aromatic carbocycles. The number of rotatable bonds is 6. The number of alkyl carbamates (subject to hydrolysis) is 1. The summed E-state index contributed by atoms with van der Waals surface area (Å²) < 4.78 is 15.5. The summed E-state index contributed by atoms with van der Waals surface area (Å²) in [6, 6.07) is 4.96. The fourth-order valence-corrected chi connectivity index (χ4v) is 3.05. The van der Waals surface area contributed by atoms with Crippen LogP contribution in [0.25, 0.3) is 0 Å². The van der Waals surface area contributed by atoms with Crippen molar-refractivity contribution < 1.29 is 28.6 Å².